The second kappa shape index (κ2) is 5.12. The largest absolute Gasteiger partial charge is 0.495 e. The van der Waals surface area contributed by atoms with Crippen LogP contribution in [0.2, 0.25) is 0 Å². The van der Waals surface area contributed by atoms with Crippen molar-refractivity contribution in [1.29, 1.82) is 0 Å². The highest BCUT2D eigenvalue weighted by atomic mass is 79.9. The molecule has 5 nitrogen and oxygen atoms in total. The van der Waals surface area contributed by atoms with E-state index in [0.717, 1.165) is 4.47 Å². The van der Waals surface area contributed by atoms with Crippen molar-refractivity contribution in [3.05, 3.63) is 16.1 Å². The summed E-state index contributed by atoms with van der Waals surface area (Å²) >= 11 is 3.39. The highest BCUT2D eigenvalue weighted by Gasteiger charge is 2.26. The molecule has 2 rings (SSSR count). The van der Waals surface area contributed by atoms with Crippen molar-refractivity contribution in [3.63, 3.8) is 0 Å². The van der Waals surface area contributed by atoms with E-state index >= 15 is 0 Å². The van der Waals surface area contributed by atoms with Crippen molar-refractivity contribution >= 4 is 15.9 Å². The minimum absolute atomic E-state index is 0.192. The predicted octanol–water partition coefficient (Wildman–Crippen LogP) is 1.22. The Bertz CT molecular complexity index is 424. The molecule has 1 unspecified atom stereocenters. The van der Waals surface area contributed by atoms with Gasteiger partial charge in [-0.25, -0.2) is 0 Å². The Morgan fingerprint density at radius 2 is 2.24 bits per heavy atom. The Balaban J connectivity index is 2.61. The van der Waals surface area contributed by atoms with Gasteiger partial charge in [-0.2, -0.15) is 0 Å². The Hall–Kier alpha value is -0.980. The molecule has 0 amide bonds. The van der Waals surface area contributed by atoms with E-state index in [-0.39, 0.29) is 6.61 Å². The molecular weight excluding hydrogens is 290 g/mol. The van der Waals surface area contributed by atoms with Crippen LogP contribution < -0.4 is 19.9 Å². The average Bonchev–Trinajstić information content (AvgIpc) is 2.36. The molecule has 1 heterocycles. The maximum Gasteiger partial charge on any atom is 0.170 e. The SMILES string of the molecule is COc1c(Br)cc2c(c1C(N)CO)OCCO2. The van der Waals surface area contributed by atoms with Gasteiger partial charge in [-0.05, 0) is 15.9 Å². The third kappa shape index (κ3) is 2.20. The van der Waals surface area contributed by atoms with E-state index in [1.807, 2.05) is 0 Å². The summed E-state index contributed by atoms with van der Waals surface area (Å²) in [5.74, 6) is 1.73. The number of methoxy groups -OCH3 is 1. The summed E-state index contributed by atoms with van der Waals surface area (Å²) < 4.78 is 17.1. The Kier molecular flexibility index (Phi) is 3.76. The number of hydrogen-bond acceptors (Lipinski definition) is 5. The normalized spacial score (nSPS) is 15.5. The summed E-state index contributed by atoms with van der Waals surface area (Å²) in [7, 11) is 1.55. The molecular formula is C11H14BrNO4. The van der Waals surface area contributed by atoms with Gasteiger partial charge in [0.15, 0.2) is 11.5 Å². The number of hydrogen-bond donors (Lipinski definition) is 2. The topological polar surface area (TPSA) is 73.9 Å². The molecule has 1 aromatic carbocycles. The third-order valence-electron chi connectivity index (χ3n) is 2.55. The van der Waals surface area contributed by atoms with Crippen LogP contribution in [0.1, 0.15) is 11.6 Å². The molecule has 0 bridgehead atoms. The molecule has 0 spiro atoms. The van der Waals surface area contributed by atoms with Crippen molar-refractivity contribution in [1.82, 2.24) is 0 Å². The molecule has 0 aromatic heterocycles. The monoisotopic (exact) mass is 303 g/mol. The minimum atomic E-state index is -0.571. The van der Waals surface area contributed by atoms with Crippen LogP contribution in [-0.4, -0.2) is 32.0 Å². The summed E-state index contributed by atoms with van der Waals surface area (Å²) in [5, 5.41) is 9.21. The van der Waals surface area contributed by atoms with Crippen molar-refractivity contribution in [2.45, 2.75) is 6.04 Å². The maximum atomic E-state index is 9.21. The van der Waals surface area contributed by atoms with Gasteiger partial charge in [-0.15, -0.1) is 0 Å². The predicted molar refractivity (Wildman–Crippen MR) is 65.7 cm³/mol. The lowest BCUT2D eigenvalue weighted by atomic mass is 10.0. The number of aliphatic hydroxyl groups excluding tert-OH is 1. The quantitative estimate of drug-likeness (QED) is 0.878. The van der Waals surface area contributed by atoms with Gasteiger partial charge >= 0.3 is 0 Å². The number of fused-ring (bicyclic) bond motifs is 1. The molecule has 0 saturated heterocycles. The van der Waals surface area contributed by atoms with Gasteiger partial charge in [0, 0.05) is 6.07 Å². The number of halogens is 1. The number of benzene rings is 1. The fourth-order valence-corrected chi connectivity index (χ4v) is 2.38. The Morgan fingerprint density at radius 1 is 1.53 bits per heavy atom. The standard InChI is InChI=1S/C11H14BrNO4/c1-15-10-6(12)4-8-11(17-3-2-16-8)9(10)7(13)5-14/h4,7,14H,2-3,5,13H2,1H3. The second-order valence-corrected chi connectivity index (χ2v) is 4.47. The van der Waals surface area contributed by atoms with Crippen molar-refractivity contribution < 1.29 is 19.3 Å². The zero-order valence-corrected chi connectivity index (χ0v) is 11.0. The first kappa shape index (κ1) is 12.5. The Morgan fingerprint density at radius 3 is 2.88 bits per heavy atom. The summed E-state index contributed by atoms with van der Waals surface area (Å²) in [6.45, 7) is 0.769. The fourth-order valence-electron chi connectivity index (χ4n) is 1.80. The van der Waals surface area contributed by atoms with E-state index in [1.165, 1.54) is 0 Å². The van der Waals surface area contributed by atoms with Crippen molar-refractivity contribution in [3.8, 4) is 17.2 Å². The van der Waals surface area contributed by atoms with Crippen LogP contribution in [0.3, 0.4) is 0 Å². The van der Waals surface area contributed by atoms with Gasteiger partial charge in [-0.3, -0.25) is 0 Å². The van der Waals surface area contributed by atoms with Gasteiger partial charge in [0.2, 0.25) is 0 Å². The molecule has 0 aliphatic carbocycles. The van der Waals surface area contributed by atoms with Crippen LogP contribution in [-0.2, 0) is 0 Å². The molecule has 17 heavy (non-hydrogen) atoms. The van der Waals surface area contributed by atoms with Crippen LogP contribution in [0, 0.1) is 0 Å². The summed E-state index contributed by atoms with van der Waals surface area (Å²) in [6, 6.07) is 1.21. The molecule has 0 fully saturated rings. The third-order valence-corrected chi connectivity index (χ3v) is 3.14. The lowest BCUT2D eigenvalue weighted by Gasteiger charge is -2.25. The van der Waals surface area contributed by atoms with E-state index in [9.17, 15) is 5.11 Å². The van der Waals surface area contributed by atoms with Gasteiger partial charge in [0.25, 0.3) is 0 Å². The first-order valence-corrected chi connectivity index (χ1v) is 6.00. The highest BCUT2D eigenvalue weighted by molar-refractivity contribution is 9.10. The first-order chi connectivity index (χ1) is 8.19. The fraction of sp³-hybridized carbons (Fsp3) is 0.455. The number of aliphatic hydroxyl groups is 1. The molecule has 6 heteroatoms. The van der Waals surface area contributed by atoms with E-state index in [0.29, 0.717) is 36.0 Å². The van der Waals surface area contributed by atoms with Gasteiger partial charge in [-0.1, -0.05) is 0 Å². The second-order valence-electron chi connectivity index (χ2n) is 3.62. The van der Waals surface area contributed by atoms with Crippen molar-refractivity contribution in [2.75, 3.05) is 26.9 Å². The van der Waals surface area contributed by atoms with Crippen molar-refractivity contribution in [2.24, 2.45) is 5.73 Å². The summed E-state index contributed by atoms with van der Waals surface area (Å²) in [4.78, 5) is 0. The lowest BCUT2D eigenvalue weighted by molar-refractivity contribution is 0.165. The van der Waals surface area contributed by atoms with Crippen LogP contribution in [0.25, 0.3) is 0 Å². The molecule has 1 aliphatic rings. The molecule has 0 saturated carbocycles. The summed E-state index contributed by atoms with van der Waals surface area (Å²) in [5.41, 5.74) is 6.50. The van der Waals surface area contributed by atoms with E-state index in [2.05, 4.69) is 15.9 Å². The first-order valence-electron chi connectivity index (χ1n) is 5.21. The number of rotatable bonds is 3. The zero-order valence-electron chi connectivity index (χ0n) is 9.40. The average molecular weight is 304 g/mol. The molecule has 1 aliphatic heterocycles. The van der Waals surface area contributed by atoms with E-state index in [1.54, 1.807) is 13.2 Å². The molecule has 0 radical (unpaired) electrons. The molecule has 3 N–H and O–H groups in total. The van der Waals surface area contributed by atoms with Crippen LogP contribution >= 0.6 is 15.9 Å². The van der Waals surface area contributed by atoms with Crippen LogP contribution in [0.5, 0.6) is 17.2 Å². The minimum Gasteiger partial charge on any atom is -0.495 e. The number of nitrogens with two attached hydrogens (primary N) is 1. The van der Waals surface area contributed by atoms with Gasteiger partial charge in [0.05, 0.1) is 29.8 Å². The number of ether oxygens (including phenoxy) is 3. The maximum absolute atomic E-state index is 9.21. The molecule has 1 aromatic rings. The Labute approximate surface area is 108 Å². The summed E-state index contributed by atoms with van der Waals surface area (Å²) in [6.07, 6.45) is 0. The zero-order chi connectivity index (χ0) is 12.4. The molecule has 94 valence electrons. The van der Waals surface area contributed by atoms with E-state index < -0.39 is 6.04 Å². The molecule has 1 atom stereocenters. The lowest BCUT2D eigenvalue weighted by Crippen LogP contribution is -2.22. The van der Waals surface area contributed by atoms with Gasteiger partial charge in [0.1, 0.15) is 19.0 Å². The van der Waals surface area contributed by atoms with E-state index in [4.69, 9.17) is 19.9 Å². The highest BCUT2D eigenvalue weighted by Crippen LogP contribution is 2.46. The smallest absolute Gasteiger partial charge is 0.170 e. The van der Waals surface area contributed by atoms with Crippen LogP contribution in [0.15, 0.2) is 10.5 Å². The van der Waals surface area contributed by atoms with Gasteiger partial charge < -0.3 is 25.1 Å². The van der Waals surface area contributed by atoms with Crippen LogP contribution in [0.4, 0.5) is 0 Å².